The molecule has 1 aromatic carbocycles. The number of hydrogen-bond donors (Lipinski definition) is 0. The Bertz CT molecular complexity index is 926. The van der Waals surface area contributed by atoms with Gasteiger partial charge in [0.1, 0.15) is 18.4 Å². The number of pyridine rings is 1. The van der Waals surface area contributed by atoms with Gasteiger partial charge in [0.25, 0.3) is 0 Å². The second-order valence-corrected chi connectivity index (χ2v) is 7.90. The summed E-state index contributed by atoms with van der Waals surface area (Å²) in [7, 11) is 0. The van der Waals surface area contributed by atoms with Crippen LogP contribution in [0.15, 0.2) is 61.3 Å². The maximum Gasteiger partial charge on any atom is 0.410 e. The molecule has 2 heterocycles. The van der Waals surface area contributed by atoms with Crippen LogP contribution in [0, 0.1) is 11.3 Å². The Morgan fingerprint density at radius 2 is 2.10 bits per heavy atom. The summed E-state index contributed by atoms with van der Waals surface area (Å²) in [5.74, 6) is 0. The van der Waals surface area contributed by atoms with Gasteiger partial charge in [-0.1, -0.05) is 60.8 Å². The highest BCUT2D eigenvalue weighted by molar-refractivity contribution is 8.14. The smallest absolute Gasteiger partial charge is 0.410 e. The summed E-state index contributed by atoms with van der Waals surface area (Å²) in [6.45, 7) is 4.10. The molecular weight excluding hydrogens is 386 g/mol. The van der Waals surface area contributed by atoms with E-state index in [-0.39, 0.29) is 23.0 Å². The first-order chi connectivity index (χ1) is 14.1. The van der Waals surface area contributed by atoms with E-state index in [1.54, 1.807) is 29.3 Å². The summed E-state index contributed by atoms with van der Waals surface area (Å²) in [5, 5.41) is 9.23. The van der Waals surface area contributed by atoms with Crippen molar-refractivity contribution >= 4 is 23.0 Å². The Balaban J connectivity index is 1.75. The fourth-order valence-corrected chi connectivity index (χ4v) is 4.47. The van der Waals surface area contributed by atoms with Crippen molar-refractivity contribution < 1.29 is 14.3 Å². The van der Waals surface area contributed by atoms with E-state index >= 15 is 0 Å². The molecule has 1 aliphatic rings. The molecule has 6 nitrogen and oxygen atoms in total. The summed E-state index contributed by atoms with van der Waals surface area (Å²) in [6.07, 6.45) is 3.77. The fourth-order valence-electron chi connectivity index (χ4n) is 3.34. The van der Waals surface area contributed by atoms with Crippen molar-refractivity contribution in [3.63, 3.8) is 0 Å². The highest BCUT2D eigenvalue weighted by atomic mass is 32.2. The zero-order valence-electron chi connectivity index (χ0n) is 15.9. The van der Waals surface area contributed by atoms with Crippen molar-refractivity contribution in [3.8, 4) is 6.07 Å². The van der Waals surface area contributed by atoms with E-state index in [0.29, 0.717) is 30.6 Å². The van der Waals surface area contributed by atoms with Crippen molar-refractivity contribution in [3.05, 3.63) is 78.1 Å². The molecule has 1 aromatic heterocycles. The van der Waals surface area contributed by atoms with Crippen molar-refractivity contribution in [1.29, 1.82) is 5.26 Å². The van der Waals surface area contributed by atoms with E-state index in [2.05, 4.69) is 17.6 Å². The van der Waals surface area contributed by atoms with Gasteiger partial charge in [-0.05, 0) is 24.5 Å². The molecular formula is C22H21N3O3S. The first kappa shape index (κ1) is 20.6. The van der Waals surface area contributed by atoms with Crippen molar-refractivity contribution in [2.75, 3.05) is 13.2 Å². The molecule has 7 heteroatoms. The molecule has 1 fully saturated rings. The number of rotatable bonds is 6. The van der Waals surface area contributed by atoms with Crippen LogP contribution >= 0.6 is 11.8 Å². The summed E-state index contributed by atoms with van der Waals surface area (Å²) in [6, 6.07) is 14.6. The van der Waals surface area contributed by atoms with Gasteiger partial charge in [0, 0.05) is 29.6 Å². The lowest BCUT2D eigenvalue weighted by Gasteiger charge is -2.23. The molecule has 1 saturated heterocycles. The minimum atomic E-state index is -0.437. The van der Waals surface area contributed by atoms with E-state index in [1.165, 1.54) is 17.8 Å². The maximum atomic E-state index is 12.6. The summed E-state index contributed by atoms with van der Waals surface area (Å²) < 4.78 is 5.23. The number of thioether (sulfide) groups is 1. The van der Waals surface area contributed by atoms with Gasteiger partial charge in [0.05, 0.1) is 0 Å². The van der Waals surface area contributed by atoms with E-state index in [9.17, 15) is 14.9 Å². The third-order valence-electron chi connectivity index (χ3n) is 4.67. The van der Waals surface area contributed by atoms with Gasteiger partial charge in [0.15, 0.2) is 0 Å². The number of benzene rings is 1. The maximum absolute atomic E-state index is 12.6. The fraction of sp³-hybridized carbons (Fsp3) is 0.273. The third kappa shape index (κ3) is 5.24. The number of nitriles is 1. The van der Waals surface area contributed by atoms with Crippen LogP contribution in [0.2, 0.25) is 0 Å². The van der Waals surface area contributed by atoms with Gasteiger partial charge < -0.3 is 9.64 Å². The molecule has 2 aromatic rings. The van der Waals surface area contributed by atoms with Crippen LogP contribution in [-0.4, -0.2) is 45.5 Å². The van der Waals surface area contributed by atoms with Crippen LogP contribution in [0.25, 0.3) is 0 Å². The Labute approximate surface area is 174 Å². The molecule has 2 atom stereocenters. The molecule has 0 spiro atoms. The SMILES string of the molecule is C=CCOC(=O)N1C[C@@H](SC(=O)c2ccccc2)C[C@H]1Cc1cccnc1C#N. The highest BCUT2D eigenvalue weighted by Gasteiger charge is 2.38. The van der Waals surface area contributed by atoms with E-state index in [1.807, 2.05) is 24.3 Å². The molecule has 0 unspecified atom stereocenters. The van der Waals surface area contributed by atoms with Crippen molar-refractivity contribution in [2.24, 2.45) is 0 Å². The second kappa shape index (κ2) is 9.89. The number of likely N-dealkylation sites (tertiary alicyclic amines) is 1. The first-order valence-electron chi connectivity index (χ1n) is 9.26. The van der Waals surface area contributed by atoms with Crippen molar-refractivity contribution in [2.45, 2.75) is 24.1 Å². The molecule has 1 amide bonds. The Hall–Kier alpha value is -3.11. The monoisotopic (exact) mass is 407 g/mol. The number of hydrogen-bond acceptors (Lipinski definition) is 6. The number of ether oxygens (including phenoxy) is 1. The number of nitrogens with zero attached hydrogens (tertiary/aromatic N) is 3. The summed E-state index contributed by atoms with van der Waals surface area (Å²) in [5.41, 5.74) is 1.77. The Morgan fingerprint density at radius 1 is 1.31 bits per heavy atom. The van der Waals surface area contributed by atoms with E-state index in [4.69, 9.17) is 4.74 Å². The molecule has 0 N–H and O–H groups in total. The lowest BCUT2D eigenvalue weighted by Crippen LogP contribution is -2.37. The number of carbonyl (C=O) groups excluding carboxylic acids is 2. The predicted octanol–water partition coefficient (Wildman–Crippen LogP) is 3.83. The summed E-state index contributed by atoms with van der Waals surface area (Å²) in [4.78, 5) is 30.9. The van der Waals surface area contributed by atoms with Gasteiger partial charge in [-0.2, -0.15) is 5.26 Å². The average Bonchev–Trinajstić information content (AvgIpc) is 3.15. The standard InChI is InChI=1S/C22H21N3O3S/c1-2-11-28-22(27)25-15-19(29-21(26)16-7-4-3-5-8-16)13-18(25)12-17-9-6-10-24-20(17)14-23/h2-10,18-19H,1,11-13,15H2/t18-,19+/m1/s1. The Morgan fingerprint density at radius 3 is 2.83 bits per heavy atom. The lowest BCUT2D eigenvalue weighted by molar-refractivity contribution is 0.107. The van der Waals surface area contributed by atoms with Crippen LogP contribution in [0.3, 0.4) is 0 Å². The topological polar surface area (TPSA) is 83.3 Å². The first-order valence-corrected chi connectivity index (χ1v) is 10.1. The Kier molecular flexibility index (Phi) is 7.04. The molecule has 148 valence electrons. The van der Waals surface area contributed by atoms with Crippen LogP contribution in [0.1, 0.15) is 28.0 Å². The molecule has 29 heavy (non-hydrogen) atoms. The molecule has 0 aliphatic carbocycles. The quantitative estimate of drug-likeness (QED) is 0.677. The molecule has 3 rings (SSSR count). The van der Waals surface area contributed by atoms with Gasteiger partial charge in [-0.25, -0.2) is 9.78 Å². The molecule has 0 saturated carbocycles. The second-order valence-electron chi connectivity index (χ2n) is 6.63. The minimum absolute atomic E-state index is 0.0187. The number of carbonyl (C=O) groups is 2. The molecule has 0 bridgehead atoms. The van der Waals surface area contributed by atoms with Gasteiger partial charge in [0.2, 0.25) is 5.12 Å². The molecule has 0 radical (unpaired) electrons. The third-order valence-corrected chi connectivity index (χ3v) is 5.80. The van der Waals surface area contributed by atoms with E-state index in [0.717, 1.165) is 5.56 Å². The summed E-state index contributed by atoms with van der Waals surface area (Å²) >= 11 is 1.24. The van der Waals surface area contributed by atoms with Gasteiger partial charge in [-0.15, -0.1) is 0 Å². The highest BCUT2D eigenvalue weighted by Crippen LogP contribution is 2.32. The number of aromatic nitrogens is 1. The van der Waals surface area contributed by atoms with Crippen LogP contribution in [0.5, 0.6) is 0 Å². The average molecular weight is 407 g/mol. The van der Waals surface area contributed by atoms with Gasteiger partial charge in [-0.3, -0.25) is 4.79 Å². The normalized spacial score (nSPS) is 18.1. The lowest BCUT2D eigenvalue weighted by atomic mass is 10.0. The zero-order chi connectivity index (χ0) is 20.6. The number of amides is 1. The van der Waals surface area contributed by atoms with Crippen LogP contribution in [0.4, 0.5) is 4.79 Å². The largest absolute Gasteiger partial charge is 0.445 e. The van der Waals surface area contributed by atoms with Crippen molar-refractivity contribution in [1.82, 2.24) is 9.88 Å². The predicted molar refractivity (Wildman–Crippen MR) is 111 cm³/mol. The van der Waals surface area contributed by atoms with Crippen LogP contribution in [-0.2, 0) is 11.2 Å². The minimum Gasteiger partial charge on any atom is -0.445 e. The van der Waals surface area contributed by atoms with Gasteiger partial charge >= 0.3 is 6.09 Å². The van der Waals surface area contributed by atoms with Crippen LogP contribution < -0.4 is 0 Å². The molecule has 1 aliphatic heterocycles. The zero-order valence-corrected chi connectivity index (χ0v) is 16.7. The van der Waals surface area contributed by atoms with E-state index < -0.39 is 6.09 Å².